The third kappa shape index (κ3) is 3.10. The van der Waals surface area contributed by atoms with Crippen LogP contribution in [0, 0.1) is 12.7 Å². The van der Waals surface area contributed by atoms with E-state index in [2.05, 4.69) is 26.8 Å². The van der Waals surface area contributed by atoms with Gasteiger partial charge in [0.2, 0.25) is 0 Å². The fourth-order valence-corrected chi connectivity index (χ4v) is 1.96. The Kier molecular flexibility index (Phi) is 3.71. The van der Waals surface area contributed by atoms with Gasteiger partial charge >= 0.3 is 0 Å². The summed E-state index contributed by atoms with van der Waals surface area (Å²) in [5.74, 6) is 0.837. The second-order valence-corrected chi connectivity index (χ2v) is 6.01. The minimum Gasteiger partial charge on any atom is -0.455 e. The summed E-state index contributed by atoms with van der Waals surface area (Å²) >= 11 is 0. The first-order chi connectivity index (χ1) is 9.27. The van der Waals surface area contributed by atoms with Crippen molar-refractivity contribution >= 4 is 5.69 Å². The normalized spacial score (nSPS) is 11.4. The van der Waals surface area contributed by atoms with Crippen molar-refractivity contribution in [1.29, 1.82) is 0 Å². The predicted octanol–water partition coefficient (Wildman–Crippen LogP) is 4.81. The molecular weight excluding hydrogens is 253 g/mol. The van der Waals surface area contributed by atoms with E-state index in [0.717, 1.165) is 11.3 Å². The van der Waals surface area contributed by atoms with Crippen LogP contribution in [-0.4, -0.2) is 0 Å². The van der Waals surface area contributed by atoms with Crippen molar-refractivity contribution < 1.29 is 9.13 Å². The number of ether oxygens (including phenoxy) is 1. The third-order valence-corrected chi connectivity index (χ3v) is 3.23. The highest BCUT2D eigenvalue weighted by molar-refractivity contribution is 5.54. The Hall–Kier alpha value is -2.03. The molecule has 0 atom stereocenters. The van der Waals surface area contributed by atoms with Gasteiger partial charge in [0.1, 0.15) is 11.6 Å². The molecule has 0 amide bonds. The molecule has 0 aromatic heterocycles. The molecule has 0 saturated heterocycles. The lowest BCUT2D eigenvalue weighted by Crippen LogP contribution is -2.11. The van der Waals surface area contributed by atoms with Crippen LogP contribution in [0.1, 0.15) is 31.9 Å². The average Bonchev–Trinajstić information content (AvgIpc) is 2.33. The smallest absolute Gasteiger partial charge is 0.150 e. The quantitative estimate of drug-likeness (QED) is 0.797. The first-order valence-corrected chi connectivity index (χ1v) is 6.61. The lowest BCUT2D eigenvalue weighted by atomic mass is 9.86. The van der Waals surface area contributed by atoms with Crippen molar-refractivity contribution in [3.63, 3.8) is 0 Å². The SMILES string of the molecule is Cc1cc(C(C)(C)C)ccc1Oc1ccc(F)cc1N. The lowest BCUT2D eigenvalue weighted by Gasteiger charge is -2.20. The van der Waals surface area contributed by atoms with Crippen molar-refractivity contribution in [3.8, 4) is 11.5 Å². The van der Waals surface area contributed by atoms with Crippen molar-refractivity contribution in [2.75, 3.05) is 5.73 Å². The highest BCUT2D eigenvalue weighted by Crippen LogP contribution is 2.32. The molecule has 2 rings (SSSR count). The molecular formula is C17H20FNO. The summed E-state index contributed by atoms with van der Waals surface area (Å²) in [6, 6.07) is 10.2. The Labute approximate surface area is 119 Å². The van der Waals surface area contributed by atoms with Crippen LogP contribution in [-0.2, 0) is 5.41 Å². The van der Waals surface area contributed by atoms with E-state index in [9.17, 15) is 4.39 Å². The Morgan fingerprint density at radius 3 is 2.20 bits per heavy atom. The van der Waals surface area contributed by atoms with E-state index in [-0.39, 0.29) is 11.2 Å². The standard InChI is InChI=1S/C17H20FNO/c1-11-9-12(17(2,3)4)5-7-15(11)20-16-8-6-13(18)10-14(16)19/h5-10H,19H2,1-4H3. The van der Waals surface area contributed by atoms with Gasteiger partial charge in [-0.3, -0.25) is 0 Å². The summed E-state index contributed by atoms with van der Waals surface area (Å²) in [7, 11) is 0. The van der Waals surface area contributed by atoms with Gasteiger partial charge in [0.15, 0.2) is 5.75 Å². The van der Waals surface area contributed by atoms with Gasteiger partial charge in [0.25, 0.3) is 0 Å². The minimum atomic E-state index is -0.366. The van der Waals surface area contributed by atoms with Crippen LogP contribution in [0.25, 0.3) is 0 Å². The fraction of sp³-hybridized carbons (Fsp3) is 0.294. The van der Waals surface area contributed by atoms with E-state index in [1.54, 1.807) is 6.07 Å². The summed E-state index contributed by atoms with van der Waals surface area (Å²) in [5.41, 5.74) is 8.42. The number of anilines is 1. The van der Waals surface area contributed by atoms with Crippen molar-refractivity contribution in [1.82, 2.24) is 0 Å². The second-order valence-electron chi connectivity index (χ2n) is 6.01. The monoisotopic (exact) mass is 273 g/mol. The maximum absolute atomic E-state index is 13.0. The predicted molar refractivity (Wildman–Crippen MR) is 80.8 cm³/mol. The van der Waals surface area contributed by atoms with Crippen LogP contribution < -0.4 is 10.5 Å². The maximum Gasteiger partial charge on any atom is 0.150 e. The Bertz CT molecular complexity index is 629. The Balaban J connectivity index is 2.30. The summed E-state index contributed by atoms with van der Waals surface area (Å²) in [5, 5.41) is 0. The zero-order valence-electron chi connectivity index (χ0n) is 12.3. The minimum absolute atomic E-state index is 0.0954. The van der Waals surface area contributed by atoms with E-state index in [1.165, 1.54) is 17.7 Å². The number of nitrogens with two attached hydrogens (primary N) is 1. The van der Waals surface area contributed by atoms with Crippen molar-refractivity contribution in [2.45, 2.75) is 33.1 Å². The first kappa shape index (κ1) is 14.4. The molecule has 0 aliphatic rings. The summed E-state index contributed by atoms with van der Waals surface area (Å²) in [6.07, 6.45) is 0. The molecule has 0 fully saturated rings. The molecule has 2 N–H and O–H groups in total. The van der Waals surface area contributed by atoms with Gasteiger partial charge in [-0.25, -0.2) is 4.39 Å². The zero-order valence-corrected chi connectivity index (χ0v) is 12.3. The molecule has 2 aromatic carbocycles. The van der Waals surface area contributed by atoms with E-state index in [0.29, 0.717) is 11.4 Å². The number of aryl methyl sites for hydroxylation is 1. The molecule has 0 spiro atoms. The number of nitrogen functional groups attached to an aromatic ring is 1. The highest BCUT2D eigenvalue weighted by atomic mass is 19.1. The van der Waals surface area contributed by atoms with Crippen LogP contribution in [0.4, 0.5) is 10.1 Å². The van der Waals surface area contributed by atoms with E-state index in [1.807, 2.05) is 19.1 Å². The topological polar surface area (TPSA) is 35.2 Å². The number of halogens is 1. The molecule has 2 aromatic rings. The van der Waals surface area contributed by atoms with Gasteiger partial charge in [-0.1, -0.05) is 32.9 Å². The van der Waals surface area contributed by atoms with Crippen molar-refractivity contribution in [2.24, 2.45) is 0 Å². The molecule has 0 aliphatic heterocycles. The molecule has 0 saturated carbocycles. The van der Waals surface area contributed by atoms with E-state index >= 15 is 0 Å². The molecule has 106 valence electrons. The Morgan fingerprint density at radius 1 is 1.00 bits per heavy atom. The van der Waals surface area contributed by atoms with Gasteiger partial charge in [-0.15, -0.1) is 0 Å². The van der Waals surface area contributed by atoms with Gasteiger partial charge in [-0.05, 0) is 41.7 Å². The van der Waals surface area contributed by atoms with Crippen LogP contribution in [0.2, 0.25) is 0 Å². The molecule has 0 heterocycles. The van der Waals surface area contributed by atoms with Crippen molar-refractivity contribution in [3.05, 3.63) is 53.3 Å². The summed E-state index contributed by atoms with van der Waals surface area (Å²) in [4.78, 5) is 0. The van der Waals surface area contributed by atoms with Crippen LogP contribution in [0.15, 0.2) is 36.4 Å². The molecule has 3 heteroatoms. The van der Waals surface area contributed by atoms with Crippen LogP contribution >= 0.6 is 0 Å². The maximum atomic E-state index is 13.0. The molecule has 0 aliphatic carbocycles. The number of hydrogen-bond donors (Lipinski definition) is 1. The molecule has 0 bridgehead atoms. The van der Waals surface area contributed by atoms with E-state index in [4.69, 9.17) is 10.5 Å². The van der Waals surface area contributed by atoms with E-state index < -0.39 is 0 Å². The number of benzene rings is 2. The summed E-state index contributed by atoms with van der Waals surface area (Å²) in [6.45, 7) is 8.49. The fourth-order valence-electron chi connectivity index (χ4n) is 1.96. The third-order valence-electron chi connectivity index (χ3n) is 3.23. The number of rotatable bonds is 2. The molecule has 20 heavy (non-hydrogen) atoms. The lowest BCUT2D eigenvalue weighted by molar-refractivity contribution is 0.478. The van der Waals surface area contributed by atoms with Gasteiger partial charge in [0, 0.05) is 6.07 Å². The number of hydrogen-bond acceptors (Lipinski definition) is 2. The largest absolute Gasteiger partial charge is 0.455 e. The average molecular weight is 273 g/mol. The van der Waals surface area contributed by atoms with Gasteiger partial charge < -0.3 is 10.5 Å². The molecule has 2 nitrogen and oxygen atoms in total. The summed E-state index contributed by atoms with van der Waals surface area (Å²) < 4.78 is 18.8. The molecule has 0 unspecified atom stereocenters. The van der Waals surface area contributed by atoms with Crippen LogP contribution in [0.5, 0.6) is 11.5 Å². The first-order valence-electron chi connectivity index (χ1n) is 6.61. The van der Waals surface area contributed by atoms with Gasteiger partial charge in [0.05, 0.1) is 5.69 Å². The Morgan fingerprint density at radius 2 is 1.65 bits per heavy atom. The molecule has 0 radical (unpaired) electrons. The second kappa shape index (κ2) is 5.16. The zero-order chi connectivity index (χ0) is 14.9. The van der Waals surface area contributed by atoms with Crippen LogP contribution in [0.3, 0.4) is 0 Å². The highest BCUT2D eigenvalue weighted by Gasteiger charge is 2.15. The van der Waals surface area contributed by atoms with Gasteiger partial charge in [-0.2, -0.15) is 0 Å².